The van der Waals surface area contributed by atoms with Crippen LogP contribution in [0.4, 0.5) is 0 Å². The zero-order chi connectivity index (χ0) is 9.72. The summed E-state index contributed by atoms with van der Waals surface area (Å²) >= 11 is 0. The highest BCUT2D eigenvalue weighted by Gasteiger charge is 2.20. The first-order valence-electron chi connectivity index (χ1n) is 2.84. The summed E-state index contributed by atoms with van der Waals surface area (Å²) in [6.07, 6.45) is 0. The second kappa shape index (κ2) is 9.79. The van der Waals surface area contributed by atoms with E-state index >= 15 is 0 Å². The molecule has 0 saturated carbocycles. The smallest absolute Gasteiger partial charge is 0.116 e. The molecule has 12 heteroatoms. The minimum Gasteiger partial charge on any atom is -0.116 e. The van der Waals surface area contributed by atoms with Crippen molar-refractivity contribution in [2.45, 2.75) is 0 Å². The summed E-state index contributed by atoms with van der Waals surface area (Å²) in [4.78, 5) is 0. The number of hydrogen-bond acceptors (Lipinski definition) is 0. The van der Waals surface area contributed by atoms with Gasteiger partial charge in [0.15, 0.2) is 0 Å². The Morgan fingerprint density at radius 3 is 1.58 bits per heavy atom. The van der Waals surface area contributed by atoms with Crippen molar-refractivity contribution in [2.24, 2.45) is 0 Å². The van der Waals surface area contributed by atoms with Crippen LogP contribution in [-0.2, 0) is 0 Å². The molecule has 0 aliphatic carbocycles. The van der Waals surface area contributed by atoms with Crippen molar-refractivity contribution in [3.63, 3.8) is 0 Å². The lowest BCUT2D eigenvalue weighted by Crippen LogP contribution is -1.68. The van der Waals surface area contributed by atoms with E-state index in [0.717, 1.165) is 7.96 Å². The van der Waals surface area contributed by atoms with Crippen molar-refractivity contribution in [3.05, 3.63) is 0 Å². The van der Waals surface area contributed by atoms with Crippen LogP contribution < -0.4 is 0 Å². The van der Waals surface area contributed by atoms with Crippen LogP contribution in [0.15, 0.2) is 0 Å². The topological polar surface area (TPSA) is 0 Å². The fourth-order valence-corrected chi connectivity index (χ4v) is 55.2. The fourth-order valence-electron chi connectivity index (χ4n) is 0.442. The molecule has 0 radical (unpaired) electrons. The van der Waals surface area contributed by atoms with Gasteiger partial charge in [-0.15, -0.1) is 53.6 Å². The summed E-state index contributed by atoms with van der Waals surface area (Å²) in [6, 6.07) is 0. The molecule has 0 aliphatic heterocycles. The molecule has 0 aromatic heterocycles. The molecule has 0 nitrogen and oxygen atoms in total. The van der Waals surface area contributed by atoms with Crippen LogP contribution >= 0.6 is 89.9 Å². The number of hydrogen-bond donors (Lipinski definition) is 0. The first-order chi connectivity index (χ1) is 5.49. The predicted octanol–water partition coefficient (Wildman–Crippen LogP) is 5.34. The van der Waals surface area contributed by atoms with Gasteiger partial charge in [0.2, 0.25) is 6.72 Å². The molecule has 12 heavy (non-hydrogen) atoms. The highest BCUT2D eigenvalue weighted by atomic mass is 33.0. The van der Waals surface area contributed by atoms with Gasteiger partial charge >= 0.3 is 0 Å². The van der Waals surface area contributed by atoms with E-state index in [4.69, 9.17) is 0 Å². The van der Waals surface area contributed by atoms with Crippen LogP contribution in [-0.4, -0.2) is 6.72 Å². The summed E-state index contributed by atoms with van der Waals surface area (Å²) in [5.74, 6) is 0. The van der Waals surface area contributed by atoms with Crippen molar-refractivity contribution in [1.82, 2.24) is 0 Å². The Hall–Kier alpha value is 4.79. The van der Waals surface area contributed by atoms with Crippen LogP contribution in [0.3, 0.4) is 0 Å². The maximum atomic E-state index is 3.03. The highest BCUT2D eigenvalue weighted by molar-refractivity contribution is 9.05. The van der Waals surface area contributed by atoms with Gasteiger partial charge in [0.05, 0.1) is 0 Å². The van der Waals surface area contributed by atoms with Crippen molar-refractivity contribution >= 4 is 96.6 Å². The standard InChI is InChI=1S/BH14P11/c2-8-9(3)1-10(11(4)5)12(6)7/h1,8H,2-7H2. The Kier molecular flexibility index (Phi) is 13.7. The van der Waals surface area contributed by atoms with Crippen LogP contribution in [0.25, 0.3) is 0 Å². The summed E-state index contributed by atoms with van der Waals surface area (Å²) in [6.45, 7) is 1.75. The normalized spacial score (nSPS) is 15.4. The van der Waals surface area contributed by atoms with Crippen LogP contribution in [0.1, 0.15) is 0 Å². The SMILES string of the molecule is PPP(P)BP(P(P)P)P(P)P. The van der Waals surface area contributed by atoms with Gasteiger partial charge in [-0.3, -0.25) is 0 Å². The first-order valence-corrected chi connectivity index (χ1v) is 21.7. The summed E-state index contributed by atoms with van der Waals surface area (Å²) in [5.41, 5.74) is 0. The molecular formula is H14BP11. The molecule has 0 bridgehead atoms. The lowest BCUT2D eigenvalue weighted by Gasteiger charge is -2.26. The Morgan fingerprint density at radius 1 is 0.917 bits per heavy atom. The van der Waals surface area contributed by atoms with Crippen molar-refractivity contribution in [2.75, 3.05) is 0 Å². The first kappa shape index (κ1) is 16.8. The number of rotatable bonds is 5. The van der Waals surface area contributed by atoms with E-state index in [0.29, 0.717) is 0 Å². The molecule has 0 amide bonds. The Morgan fingerprint density at radius 2 is 1.33 bits per heavy atom. The molecule has 0 fully saturated rings. The maximum absolute atomic E-state index is 3.03. The van der Waals surface area contributed by atoms with E-state index in [-0.39, 0.29) is 28.3 Å². The Balaban J connectivity index is 3.95. The molecule has 0 heterocycles. The molecule has 0 aliphatic rings. The molecule has 0 spiro atoms. The quantitative estimate of drug-likeness (QED) is 0.455. The van der Waals surface area contributed by atoms with Gasteiger partial charge in [-0.1, -0.05) is 22.3 Å². The lowest BCUT2D eigenvalue weighted by molar-refractivity contribution is 4.41. The van der Waals surface area contributed by atoms with Gasteiger partial charge in [-0.25, -0.2) is 0 Å². The summed E-state index contributed by atoms with van der Waals surface area (Å²) in [5, 5.41) is 0. The average Bonchev–Trinajstić information content (AvgIpc) is 1.98. The van der Waals surface area contributed by atoms with E-state index in [1.807, 2.05) is 0 Å². The van der Waals surface area contributed by atoms with Gasteiger partial charge in [0.25, 0.3) is 0 Å². The monoisotopic (exact) mass is 366 g/mol. The zero-order valence-corrected chi connectivity index (χ0v) is 18.0. The van der Waals surface area contributed by atoms with E-state index in [1.54, 1.807) is 0 Å². The zero-order valence-electron chi connectivity index (χ0n) is 6.46. The van der Waals surface area contributed by atoms with Crippen molar-refractivity contribution < 1.29 is 0 Å². The molecule has 8 unspecified atom stereocenters. The molecule has 0 N–H and O–H groups in total. The van der Waals surface area contributed by atoms with Gasteiger partial charge < -0.3 is 0 Å². The molecule has 72 valence electrons. The van der Waals surface area contributed by atoms with E-state index in [9.17, 15) is 0 Å². The minimum atomic E-state index is 0.142. The second-order valence-electron chi connectivity index (χ2n) is 1.87. The second-order valence-corrected chi connectivity index (χ2v) is 36.8. The summed E-state index contributed by atoms with van der Waals surface area (Å²) in [7, 11) is 19.4. The maximum Gasteiger partial charge on any atom is 0.204 e. The van der Waals surface area contributed by atoms with E-state index < -0.39 is 0 Å². The van der Waals surface area contributed by atoms with Crippen molar-refractivity contribution in [3.8, 4) is 0 Å². The minimum absolute atomic E-state index is 0.142. The van der Waals surface area contributed by atoms with E-state index in [2.05, 4.69) is 53.6 Å². The third-order valence-electron chi connectivity index (χ3n) is 0.978. The molecule has 8 atom stereocenters. The molecule has 0 rings (SSSR count). The lowest BCUT2D eigenvalue weighted by atomic mass is 10.7. The molecule has 0 aromatic rings. The Labute approximate surface area is 96.2 Å². The largest absolute Gasteiger partial charge is 0.204 e. The van der Waals surface area contributed by atoms with Gasteiger partial charge in [0.1, 0.15) is 0 Å². The van der Waals surface area contributed by atoms with Crippen LogP contribution in [0.2, 0.25) is 0 Å². The van der Waals surface area contributed by atoms with Crippen molar-refractivity contribution in [1.29, 1.82) is 0 Å². The fraction of sp³-hybridized carbons (Fsp3) is 0. The molecule has 0 aromatic carbocycles. The van der Waals surface area contributed by atoms with Crippen LogP contribution in [0, 0.1) is 0 Å². The summed E-state index contributed by atoms with van der Waals surface area (Å²) < 4.78 is 0. The average molecular weight is 366 g/mol. The van der Waals surface area contributed by atoms with E-state index in [1.165, 1.54) is 6.72 Å². The third-order valence-corrected chi connectivity index (χ3v) is 41.6. The molecular weight excluding hydrogens is 352 g/mol. The van der Waals surface area contributed by atoms with Gasteiger partial charge in [-0.05, 0) is 14.0 Å². The molecule has 0 saturated heterocycles. The van der Waals surface area contributed by atoms with Gasteiger partial charge in [0, 0.05) is 0 Å². The highest BCUT2D eigenvalue weighted by Crippen LogP contribution is 2.99. The van der Waals surface area contributed by atoms with Crippen LogP contribution in [0.5, 0.6) is 0 Å². The third kappa shape index (κ3) is 7.97. The predicted molar refractivity (Wildman–Crippen MR) is 101 cm³/mol. The Bertz CT molecular complexity index is 99.6. The van der Waals surface area contributed by atoms with Gasteiger partial charge in [-0.2, -0.15) is 0 Å².